The minimum Gasteiger partial charge on any atom is -0.356 e. The number of fused-ring (bicyclic) bond motifs is 1. The molecule has 3 rings (SSSR count). The number of rotatable bonds is 2. The van der Waals surface area contributed by atoms with Gasteiger partial charge in [-0.25, -0.2) is 0 Å². The molecular formula is C15H14N2O. The molecule has 0 spiro atoms. The number of hydrogen-bond donors (Lipinski definition) is 2. The normalized spacial score (nSPS) is 13.1. The van der Waals surface area contributed by atoms with Crippen LogP contribution in [-0.4, -0.2) is 5.91 Å². The van der Waals surface area contributed by atoms with Gasteiger partial charge < -0.3 is 10.6 Å². The van der Waals surface area contributed by atoms with E-state index in [9.17, 15) is 4.79 Å². The van der Waals surface area contributed by atoms with Gasteiger partial charge in [0.05, 0.1) is 6.42 Å². The second-order valence-electron chi connectivity index (χ2n) is 4.59. The molecule has 0 fully saturated rings. The summed E-state index contributed by atoms with van der Waals surface area (Å²) in [6.07, 6.45) is 0.471. The van der Waals surface area contributed by atoms with Crippen LogP contribution in [0.2, 0.25) is 0 Å². The minimum absolute atomic E-state index is 0.0671. The number of carbonyl (C=O) groups excluding carboxylic acids is 1. The van der Waals surface area contributed by atoms with Crippen molar-refractivity contribution in [1.29, 1.82) is 0 Å². The fourth-order valence-electron chi connectivity index (χ4n) is 2.11. The fraction of sp³-hybridized carbons (Fsp3) is 0.133. The molecule has 1 aliphatic heterocycles. The molecule has 3 heteroatoms. The van der Waals surface area contributed by atoms with Crippen molar-refractivity contribution in [3.63, 3.8) is 0 Å². The van der Waals surface area contributed by atoms with Crippen LogP contribution in [0, 0.1) is 6.92 Å². The quantitative estimate of drug-likeness (QED) is 0.843. The lowest BCUT2D eigenvalue weighted by atomic mass is 10.1. The number of anilines is 3. The highest BCUT2D eigenvalue weighted by Crippen LogP contribution is 2.27. The van der Waals surface area contributed by atoms with Gasteiger partial charge in [0.15, 0.2) is 0 Å². The maximum absolute atomic E-state index is 11.3. The Hall–Kier alpha value is -2.29. The predicted octanol–water partition coefficient (Wildman–Crippen LogP) is 3.23. The van der Waals surface area contributed by atoms with E-state index in [0.717, 1.165) is 22.6 Å². The van der Waals surface area contributed by atoms with Gasteiger partial charge in [0.25, 0.3) is 0 Å². The molecule has 18 heavy (non-hydrogen) atoms. The van der Waals surface area contributed by atoms with Crippen LogP contribution in [0.1, 0.15) is 11.1 Å². The van der Waals surface area contributed by atoms with Crippen molar-refractivity contribution >= 4 is 23.0 Å². The summed E-state index contributed by atoms with van der Waals surface area (Å²) in [4.78, 5) is 11.3. The van der Waals surface area contributed by atoms with Crippen molar-refractivity contribution < 1.29 is 4.79 Å². The minimum atomic E-state index is 0.0671. The number of nitrogens with one attached hydrogen (secondary N) is 2. The molecule has 2 aromatic carbocycles. The van der Waals surface area contributed by atoms with Gasteiger partial charge in [0.2, 0.25) is 5.91 Å². The summed E-state index contributed by atoms with van der Waals surface area (Å²) in [6.45, 7) is 2.07. The monoisotopic (exact) mass is 238 g/mol. The first-order chi connectivity index (χ1) is 8.70. The lowest BCUT2D eigenvalue weighted by Gasteiger charge is -2.08. The molecule has 1 heterocycles. The fourth-order valence-corrected chi connectivity index (χ4v) is 2.11. The second-order valence-corrected chi connectivity index (χ2v) is 4.59. The number of hydrogen-bond acceptors (Lipinski definition) is 2. The van der Waals surface area contributed by atoms with Crippen LogP contribution >= 0.6 is 0 Å². The highest BCUT2D eigenvalue weighted by atomic mass is 16.1. The van der Waals surface area contributed by atoms with E-state index in [4.69, 9.17) is 0 Å². The molecule has 0 saturated heterocycles. The molecule has 0 bridgehead atoms. The Morgan fingerprint density at radius 2 is 1.78 bits per heavy atom. The first-order valence-electron chi connectivity index (χ1n) is 5.97. The lowest BCUT2D eigenvalue weighted by Crippen LogP contribution is -2.03. The van der Waals surface area contributed by atoms with E-state index in [1.807, 2.05) is 30.3 Å². The van der Waals surface area contributed by atoms with Crippen molar-refractivity contribution in [1.82, 2.24) is 0 Å². The molecule has 0 aliphatic carbocycles. The van der Waals surface area contributed by atoms with Gasteiger partial charge in [-0.05, 0) is 42.8 Å². The summed E-state index contributed by atoms with van der Waals surface area (Å²) in [5.74, 6) is 0.0671. The first-order valence-corrected chi connectivity index (χ1v) is 5.97. The molecule has 90 valence electrons. The van der Waals surface area contributed by atoms with Gasteiger partial charge in [-0.15, -0.1) is 0 Å². The summed E-state index contributed by atoms with van der Waals surface area (Å²) in [7, 11) is 0. The molecule has 3 nitrogen and oxygen atoms in total. The summed E-state index contributed by atoms with van der Waals surface area (Å²) in [6, 6.07) is 14.2. The average Bonchev–Trinajstić information content (AvgIpc) is 2.71. The maximum Gasteiger partial charge on any atom is 0.228 e. The number of amides is 1. The van der Waals surface area contributed by atoms with E-state index < -0.39 is 0 Å². The van der Waals surface area contributed by atoms with Crippen LogP contribution in [0.15, 0.2) is 42.5 Å². The van der Waals surface area contributed by atoms with Gasteiger partial charge in [-0.1, -0.05) is 17.7 Å². The van der Waals surface area contributed by atoms with Gasteiger partial charge in [0.1, 0.15) is 0 Å². The Bertz CT molecular complexity index is 602. The van der Waals surface area contributed by atoms with E-state index in [0.29, 0.717) is 6.42 Å². The third-order valence-corrected chi connectivity index (χ3v) is 3.07. The highest BCUT2D eigenvalue weighted by molar-refractivity contribution is 5.99. The summed E-state index contributed by atoms with van der Waals surface area (Å²) >= 11 is 0. The Labute approximate surface area is 106 Å². The standard InChI is InChI=1S/C15H14N2O/c1-10-2-4-12(5-3-10)16-13-6-7-14-11(8-13)9-15(18)17-14/h2-8,16H,9H2,1H3,(H,17,18). The van der Waals surface area contributed by atoms with Crippen LogP contribution in [0.25, 0.3) is 0 Å². The molecule has 2 aromatic rings. The molecule has 0 radical (unpaired) electrons. The van der Waals surface area contributed by atoms with Crippen LogP contribution in [-0.2, 0) is 11.2 Å². The van der Waals surface area contributed by atoms with Crippen molar-refractivity contribution in [2.45, 2.75) is 13.3 Å². The third kappa shape index (κ3) is 2.07. The highest BCUT2D eigenvalue weighted by Gasteiger charge is 2.17. The SMILES string of the molecule is Cc1ccc(Nc2ccc3c(c2)CC(=O)N3)cc1. The van der Waals surface area contributed by atoms with E-state index in [2.05, 4.69) is 29.7 Å². The summed E-state index contributed by atoms with van der Waals surface area (Å²) in [5.41, 5.74) is 5.28. The van der Waals surface area contributed by atoms with Gasteiger partial charge >= 0.3 is 0 Å². The van der Waals surface area contributed by atoms with Gasteiger partial charge in [-0.2, -0.15) is 0 Å². The predicted molar refractivity (Wildman–Crippen MR) is 73.2 cm³/mol. The number of aryl methyl sites for hydroxylation is 1. The first kappa shape index (κ1) is 10.8. The summed E-state index contributed by atoms with van der Waals surface area (Å²) < 4.78 is 0. The molecule has 2 N–H and O–H groups in total. The van der Waals surface area contributed by atoms with Crippen LogP contribution < -0.4 is 10.6 Å². The van der Waals surface area contributed by atoms with Crippen molar-refractivity contribution in [2.75, 3.05) is 10.6 Å². The zero-order valence-electron chi connectivity index (χ0n) is 10.2. The van der Waals surface area contributed by atoms with E-state index in [1.54, 1.807) is 0 Å². The van der Waals surface area contributed by atoms with E-state index >= 15 is 0 Å². The number of benzene rings is 2. The molecule has 0 aromatic heterocycles. The van der Waals surface area contributed by atoms with Gasteiger partial charge in [0, 0.05) is 17.1 Å². The molecule has 0 saturated carbocycles. The Morgan fingerprint density at radius 1 is 1.06 bits per heavy atom. The van der Waals surface area contributed by atoms with Crippen molar-refractivity contribution in [3.8, 4) is 0 Å². The Balaban J connectivity index is 1.84. The largest absolute Gasteiger partial charge is 0.356 e. The molecule has 1 amide bonds. The smallest absolute Gasteiger partial charge is 0.228 e. The zero-order valence-corrected chi connectivity index (χ0v) is 10.2. The molecule has 0 unspecified atom stereocenters. The molecular weight excluding hydrogens is 224 g/mol. The molecule has 1 aliphatic rings. The second kappa shape index (κ2) is 4.18. The van der Waals surface area contributed by atoms with E-state index in [1.165, 1.54) is 5.56 Å². The van der Waals surface area contributed by atoms with E-state index in [-0.39, 0.29) is 5.91 Å². The topological polar surface area (TPSA) is 41.1 Å². The lowest BCUT2D eigenvalue weighted by molar-refractivity contribution is -0.115. The molecule has 0 atom stereocenters. The van der Waals surface area contributed by atoms with Crippen molar-refractivity contribution in [3.05, 3.63) is 53.6 Å². The van der Waals surface area contributed by atoms with Gasteiger partial charge in [-0.3, -0.25) is 4.79 Å². The zero-order chi connectivity index (χ0) is 12.5. The summed E-state index contributed by atoms with van der Waals surface area (Å²) in [5, 5.41) is 6.17. The third-order valence-electron chi connectivity index (χ3n) is 3.07. The Morgan fingerprint density at radius 3 is 2.56 bits per heavy atom. The Kier molecular flexibility index (Phi) is 2.52. The number of carbonyl (C=O) groups is 1. The van der Waals surface area contributed by atoms with Crippen LogP contribution in [0.3, 0.4) is 0 Å². The maximum atomic E-state index is 11.3. The average molecular weight is 238 g/mol. The van der Waals surface area contributed by atoms with Crippen LogP contribution in [0.5, 0.6) is 0 Å². The van der Waals surface area contributed by atoms with Crippen LogP contribution in [0.4, 0.5) is 17.1 Å². The van der Waals surface area contributed by atoms with Crippen molar-refractivity contribution in [2.24, 2.45) is 0 Å².